The summed E-state index contributed by atoms with van der Waals surface area (Å²) in [6, 6.07) is 12.6. The Morgan fingerprint density at radius 3 is 2.52 bits per heavy atom. The summed E-state index contributed by atoms with van der Waals surface area (Å²) >= 11 is 0. The minimum atomic E-state index is -4.69. The number of aromatic nitrogens is 4. The lowest BCUT2D eigenvalue weighted by Gasteiger charge is -2.31. The molecule has 0 saturated carbocycles. The molecule has 2 fully saturated rings. The van der Waals surface area contributed by atoms with Crippen LogP contribution in [0.25, 0.3) is 11.1 Å². The molecule has 0 spiro atoms. The van der Waals surface area contributed by atoms with Crippen molar-refractivity contribution in [1.29, 1.82) is 0 Å². The number of hydroxylamine groups is 1. The Hall–Kier alpha value is -4.36. The monoisotopic (exact) mass is 581 g/mol. The van der Waals surface area contributed by atoms with Crippen LogP contribution in [0.2, 0.25) is 0 Å². The lowest BCUT2D eigenvalue weighted by molar-refractivity contribution is -0.138. The smallest absolute Gasteiger partial charge is 0.421 e. The van der Waals surface area contributed by atoms with Gasteiger partial charge in [-0.15, -0.1) is 0 Å². The van der Waals surface area contributed by atoms with Crippen molar-refractivity contribution in [2.24, 2.45) is 7.05 Å². The van der Waals surface area contributed by atoms with Gasteiger partial charge in [0.25, 0.3) is 0 Å². The van der Waals surface area contributed by atoms with Crippen LogP contribution >= 0.6 is 0 Å². The van der Waals surface area contributed by atoms with Gasteiger partial charge in [0.1, 0.15) is 11.3 Å². The van der Waals surface area contributed by atoms with Crippen LogP contribution in [0.1, 0.15) is 23.6 Å². The summed E-state index contributed by atoms with van der Waals surface area (Å²) in [6.45, 7) is 2.86. The lowest BCUT2D eigenvalue weighted by Crippen LogP contribution is -2.36. The molecule has 2 aromatic heterocycles. The number of ether oxygens (including phenoxy) is 2. The highest BCUT2D eigenvalue weighted by atomic mass is 19.4. The molecular weight excluding hydrogens is 551 g/mol. The Balaban J connectivity index is 1.41. The first-order chi connectivity index (χ1) is 20.3. The summed E-state index contributed by atoms with van der Waals surface area (Å²) in [5, 5.41) is 8.67. The molecular formula is C29H30F3N7O3. The number of alkyl halides is 3. The Morgan fingerprint density at radius 1 is 1.05 bits per heavy atom. The van der Waals surface area contributed by atoms with Gasteiger partial charge in [-0.1, -0.05) is 30.3 Å². The standard InChI is InChI=1S/C29H30F3N7O3/c1-37-18-20(16-34-37)21-14-23(26(40-2)15-25(21)38-9-12-41-13-10-38)35-28-33-17-22(29(30,31)32)27(36-28)39-24(8-11-42-39)19-6-4-3-5-7-19/h3-7,14-18,24H,8-13H2,1-2H3,(H,33,35,36). The minimum absolute atomic E-state index is 0.0325. The van der Waals surface area contributed by atoms with E-state index in [1.807, 2.05) is 55.7 Å². The first kappa shape index (κ1) is 27.8. The zero-order chi connectivity index (χ0) is 29.3. The summed E-state index contributed by atoms with van der Waals surface area (Å²) in [4.78, 5) is 16.3. The Kier molecular flexibility index (Phi) is 7.60. The van der Waals surface area contributed by atoms with Gasteiger partial charge in [0.05, 0.1) is 44.9 Å². The van der Waals surface area contributed by atoms with Crippen molar-refractivity contribution in [2.45, 2.75) is 18.6 Å². The number of morpholine rings is 1. The molecule has 4 heterocycles. The van der Waals surface area contributed by atoms with E-state index in [9.17, 15) is 13.2 Å². The van der Waals surface area contributed by atoms with E-state index in [2.05, 4.69) is 25.3 Å². The molecule has 42 heavy (non-hydrogen) atoms. The van der Waals surface area contributed by atoms with E-state index in [-0.39, 0.29) is 18.4 Å². The van der Waals surface area contributed by atoms with E-state index in [0.29, 0.717) is 44.2 Å². The maximum Gasteiger partial charge on any atom is 0.421 e. The van der Waals surface area contributed by atoms with Crippen molar-refractivity contribution in [3.05, 3.63) is 72.2 Å². The second-order valence-corrected chi connectivity index (χ2v) is 10.00. The molecule has 10 nitrogen and oxygen atoms in total. The summed E-state index contributed by atoms with van der Waals surface area (Å²) in [7, 11) is 3.37. The molecule has 220 valence electrons. The summed E-state index contributed by atoms with van der Waals surface area (Å²) < 4.78 is 55.4. The molecule has 1 N–H and O–H groups in total. The highest BCUT2D eigenvalue weighted by Gasteiger charge is 2.40. The summed E-state index contributed by atoms with van der Waals surface area (Å²) in [6.07, 6.45) is 0.268. The minimum Gasteiger partial charge on any atom is -0.494 e. The molecule has 4 aromatic rings. The second-order valence-electron chi connectivity index (χ2n) is 10.00. The average molecular weight is 582 g/mol. The number of nitrogens with one attached hydrogen (secondary N) is 1. The van der Waals surface area contributed by atoms with Crippen molar-refractivity contribution >= 4 is 23.1 Å². The van der Waals surface area contributed by atoms with Crippen LogP contribution in [0, 0.1) is 0 Å². The molecule has 2 saturated heterocycles. The number of benzene rings is 2. The van der Waals surface area contributed by atoms with E-state index in [0.717, 1.165) is 28.6 Å². The summed E-state index contributed by atoms with van der Waals surface area (Å²) in [5.74, 6) is 0.0892. The van der Waals surface area contributed by atoms with Crippen LogP contribution < -0.4 is 20.0 Å². The third-order valence-corrected chi connectivity index (χ3v) is 7.30. The SMILES string of the molecule is COc1cc(N2CCOCC2)c(-c2cnn(C)c2)cc1Nc1ncc(C(F)(F)F)c(N2OCCC2c2ccccc2)n1. The number of anilines is 4. The van der Waals surface area contributed by atoms with Crippen molar-refractivity contribution in [3.63, 3.8) is 0 Å². The molecule has 1 atom stereocenters. The number of hydrogen-bond donors (Lipinski definition) is 1. The first-order valence-corrected chi connectivity index (χ1v) is 13.5. The van der Waals surface area contributed by atoms with Crippen molar-refractivity contribution in [1.82, 2.24) is 19.7 Å². The fraction of sp³-hybridized carbons (Fsp3) is 0.345. The molecule has 0 aliphatic carbocycles. The Bertz CT molecular complexity index is 1540. The maximum absolute atomic E-state index is 14.1. The Morgan fingerprint density at radius 2 is 1.83 bits per heavy atom. The normalized spacial score (nSPS) is 17.5. The highest BCUT2D eigenvalue weighted by molar-refractivity contribution is 5.85. The number of hydrogen-bond acceptors (Lipinski definition) is 9. The van der Waals surface area contributed by atoms with Gasteiger partial charge >= 0.3 is 6.18 Å². The highest BCUT2D eigenvalue weighted by Crippen LogP contribution is 2.43. The quantitative estimate of drug-likeness (QED) is 0.310. The van der Waals surface area contributed by atoms with Gasteiger partial charge < -0.3 is 19.7 Å². The molecule has 2 aliphatic rings. The van der Waals surface area contributed by atoms with E-state index in [1.54, 1.807) is 10.9 Å². The fourth-order valence-electron chi connectivity index (χ4n) is 5.27. The van der Waals surface area contributed by atoms with Crippen LogP contribution in [0.3, 0.4) is 0 Å². The molecule has 2 aromatic carbocycles. The third kappa shape index (κ3) is 5.57. The third-order valence-electron chi connectivity index (χ3n) is 7.30. The second kappa shape index (κ2) is 11.5. The van der Waals surface area contributed by atoms with Gasteiger partial charge in [0, 0.05) is 61.8 Å². The number of aryl methyl sites for hydroxylation is 1. The molecule has 0 bridgehead atoms. The van der Waals surface area contributed by atoms with Gasteiger partial charge in [-0.05, 0) is 11.6 Å². The molecule has 0 radical (unpaired) electrons. The van der Waals surface area contributed by atoms with Crippen LogP contribution in [-0.2, 0) is 22.8 Å². The molecule has 6 rings (SSSR count). The number of halogens is 3. The van der Waals surface area contributed by atoms with Gasteiger partial charge in [-0.25, -0.2) is 10.0 Å². The topological polar surface area (TPSA) is 89.8 Å². The van der Waals surface area contributed by atoms with Crippen LogP contribution in [0.15, 0.2) is 61.1 Å². The van der Waals surface area contributed by atoms with E-state index >= 15 is 0 Å². The van der Waals surface area contributed by atoms with Gasteiger partial charge in [0.2, 0.25) is 5.95 Å². The van der Waals surface area contributed by atoms with Crippen LogP contribution in [0.4, 0.5) is 36.3 Å². The largest absolute Gasteiger partial charge is 0.494 e. The van der Waals surface area contributed by atoms with E-state index in [4.69, 9.17) is 14.3 Å². The zero-order valence-electron chi connectivity index (χ0n) is 23.1. The van der Waals surface area contributed by atoms with E-state index < -0.39 is 17.8 Å². The predicted molar refractivity (Wildman–Crippen MR) is 151 cm³/mol. The lowest BCUT2D eigenvalue weighted by atomic mass is 10.0. The molecule has 0 amide bonds. The van der Waals surface area contributed by atoms with E-state index in [1.165, 1.54) is 12.2 Å². The number of nitrogens with zero attached hydrogens (tertiary/aromatic N) is 6. The van der Waals surface area contributed by atoms with Gasteiger partial charge in [-0.2, -0.15) is 23.3 Å². The zero-order valence-corrected chi connectivity index (χ0v) is 23.1. The summed E-state index contributed by atoms with van der Waals surface area (Å²) in [5.41, 5.74) is 3.00. The van der Waals surface area contributed by atoms with Crippen LogP contribution in [-0.4, -0.2) is 59.8 Å². The fourth-order valence-corrected chi connectivity index (χ4v) is 5.27. The van der Waals surface area contributed by atoms with Crippen molar-refractivity contribution < 1.29 is 27.5 Å². The number of rotatable bonds is 7. The van der Waals surface area contributed by atoms with Crippen molar-refractivity contribution in [3.8, 4) is 16.9 Å². The molecule has 2 aliphatic heterocycles. The Labute approximate surface area is 240 Å². The molecule has 1 unspecified atom stereocenters. The van der Waals surface area contributed by atoms with Crippen molar-refractivity contribution in [2.75, 3.05) is 55.3 Å². The maximum atomic E-state index is 14.1. The molecule has 13 heteroatoms. The first-order valence-electron chi connectivity index (χ1n) is 13.5. The van der Waals surface area contributed by atoms with Gasteiger partial charge in [0.15, 0.2) is 5.82 Å². The average Bonchev–Trinajstić information content (AvgIpc) is 3.67. The predicted octanol–water partition coefficient (Wildman–Crippen LogP) is 5.37. The van der Waals surface area contributed by atoms with Gasteiger partial charge in [-0.3, -0.25) is 9.52 Å². The van der Waals surface area contributed by atoms with Crippen LogP contribution in [0.5, 0.6) is 5.75 Å². The number of methoxy groups -OCH3 is 1.